The maximum Gasteiger partial charge on any atom is 0.253 e. The quantitative estimate of drug-likeness (QED) is 0.230. The summed E-state index contributed by atoms with van der Waals surface area (Å²) < 4.78 is 27.0. The maximum absolute atomic E-state index is 12.2. The van der Waals surface area contributed by atoms with Crippen LogP contribution >= 0.6 is 24.0 Å². The highest BCUT2D eigenvalue weighted by Crippen LogP contribution is 2.07. The van der Waals surface area contributed by atoms with Gasteiger partial charge in [0.05, 0.1) is 12.3 Å². The molecule has 0 atom stereocenters. The Morgan fingerprint density at radius 2 is 1.62 bits per heavy atom. The SMILES string of the molecule is CCNC(=NCc1ccc(C(=O)N(C)C)cc1)NCCS(=O)(=O)NCc1ccccc1.I. The van der Waals surface area contributed by atoms with E-state index in [1.807, 2.05) is 49.4 Å². The number of nitrogens with one attached hydrogen (secondary N) is 3. The second-order valence-corrected chi connectivity index (χ2v) is 9.07. The van der Waals surface area contributed by atoms with E-state index >= 15 is 0 Å². The lowest BCUT2D eigenvalue weighted by Gasteiger charge is -2.12. The molecular weight excluding hydrogens is 541 g/mol. The second-order valence-electron chi connectivity index (χ2n) is 7.14. The molecule has 0 spiro atoms. The first-order valence-electron chi connectivity index (χ1n) is 10.1. The van der Waals surface area contributed by atoms with Crippen molar-refractivity contribution >= 4 is 45.9 Å². The largest absolute Gasteiger partial charge is 0.357 e. The Bertz CT molecular complexity index is 965. The normalized spacial score (nSPS) is 11.4. The summed E-state index contributed by atoms with van der Waals surface area (Å²) >= 11 is 0. The molecule has 1 amide bonds. The Kier molecular flexibility index (Phi) is 12.2. The molecule has 2 aromatic carbocycles. The lowest BCUT2D eigenvalue weighted by atomic mass is 10.1. The predicted molar refractivity (Wildman–Crippen MR) is 140 cm³/mol. The lowest BCUT2D eigenvalue weighted by Crippen LogP contribution is -2.41. The number of benzene rings is 2. The number of aliphatic imine (C=N–C) groups is 1. The third kappa shape index (κ3) is 9.96. The average molecular weight is 574 g/mol. The monoisotopic (exact) mass is 573 g/mol. The van der Waals surface area contributed by atoms with E-state index in [4.69, 9.17) is 0 Å². The van der Waals surface area contributed by atoms with Crippen LogP contribution in [0.1, 0.15) is 28.4 Å². The van der Waals surface area contributed by atoms with Gasteiger partial charge in [0.15, 0.2) is 5.96 Å². The Hall–Kier alpha value is -2.18. The van der Waals surface area contributed by atoms with Gasteiger partial charge in [0, 0.05) is 39.3 Å². The van der Waals surface area contributed by atoms with E-state index in [9.17, 15) is 13.2 Å². The molecular formula is C22H32IN5O3S. The summed E-state index contributed by atoms with van der Waals surface area (Å²) in [5, 5.41) is 6.15. The van der Waals surface area contributed by atoms with Gasteiger partial charge in [-0.2, -0.15) is 0 Å². The molecule has 0 fully saturated rings. The number of nitrogens with zero attached hydrogens (tertiary/aromatic N) is 2. The average Bonchev–Trinajstić information content (AvgIpc) is 2.76. The zero-order chi connectivity index (χ0) is 22.7. The first-order valence-corrected chi connectivity index (χ1v) is 11.8. The van der Waals surface area contributed by atoms with Crippen LogP contribution in [0.25, 0.3) is 0 Å². The summed E-state index contributed by atoms with van der Waals surface area (Å²) in [7, 11) is 0.0205. The fourth-order valence-corrected chi connectivity index (χ4v) is 3.59. The Morgan fingerprint density at radius 3 is 2.22 bits per heavy atom. The molecule has 0 heterocycles. The highest BCUT2D eigenvalue weighted by Gasteiger charge is 2.10. The molecule has 0 aliphatic rings. The third-order valence-electron chi connectivity index (χ3n) is 4.37. The van der Waals surface area contributed by atoms with E-state index in [1.165, 1.54) is 4.90 Å². The van der Waals surface area contributed by atoms with Crippen molar-refractivity contribution in [1.29, 1.82) is 0 Å². The van der Waals surface area contributed by atoms with Gasteiger partial charge < -0.3 is 15.5 Å². The lowest BCUT2D eigenvalue weighted by molar-refractivity contribution is 0.0827. The van der Waals surface area contributed by atoms with Crippen LogP contribution in [0.3, 0.4) is 0 Å². The molecule has 176 valence electrons. The van der Waals surface area contributed by atoms with E-state index in [0.29, 0.717) is 24.6 Å². The van der Waals surface area contributed by atoms with Crippen LogP contribution in [0.15, 0.2) is 59.6 Å². The Morgan fingerprint density at radius 1 is 0.969 bits per heavy atom. The van der Waals surface area contributed by atoms with Crippen LogP contribution in [0.5, 0.6) is 0 Å². The van der Waals surface area contributed by atoms with Crippen molar-refractivity contribution in [3.63, 3.8) is 0 Å². The van der Waals surface area contributed by atoms with E-state index < -0.39 is 10.0 Å². The maximum atomic E-state index is 12.2. The molecule has 3 N–H and O–H groups in total. The van der Waals surface area contributed by atoms with Crippen LogP contribution < -0.4 is 15.4 Å². The minimum Gasteiger partial charge on any atom is -0.357 e. The first-order chi connectivity index (χ1) is 14.8. The summed E-state index contributed by atoms with van der Waals surface area (Å²) in [6.07, 6.45) is 0. The van der Waals surface area contributed by atoms with Gasteiger partial charge in [0.1, 0.15) is 0 Å². The van der Waals surface area contributed by atoms with E-state index in [0.717, 1.165) is 11.1 Å². The molecule has 0 bridgehead atoms. The summed E-state index contributed by atoms with van der Waals surface area (Å²) in [6, 6.07) is 16.7. The smallest absolute Gasteiger partial charge is 0.253 e. The molecule has 0 aliphatic heterocycles. The van der Waals surface area contributed by atoms with Crippen molar-refractivity contribution in [2.45, 2.75) is 20.0 Å². The number of amides is 1. The third-order valence-corrected chi connectivity index (χ3v) is 5.70. The molecule has 8 nitrogen and oxygen atoms in total. The van der Waals surface area contributed by atoms with Crippen LogP contribution in [-0.4, -0.2) is 58.1 Å². The van der Waals surface area contributed by atoms with Gasteiger partial charge in [0.2, 0.25) is 10.0 Å². The van der Waals surface area contributed by atoms with Gasteiger partial charge in [-0.1, -0.05) is 42.5 Å². The zero-order valence-electron chi connectivity index (χ0n) is 18.7. The molecule has 2 rings (SSSR count). The van der Waals surface area contributed by atoms with Gasteiger partial charge in [-0.3, -0.25) is 4.79 Å². The van der Waals surface area contributed by atoms with Crippen molar-refractivity contribution in [3.05, 3.63) is 71.3 Å². The summed E-state index contributed by atoms with van der Waals surface area (Å²) in [5.74, 6) is 0.423. The van der Waals surface area contributed by atoms with E-state index in [2.05, 4.69) is 20.3 Å². The van der Waals surface area contributed by atoms with Gasteiger partial charge in [-0.25, -0.2) is 18.1 Å². The minimum absolute atomic E-state index is 0. The fraction of sp³-hybridized carbons (Fsp3) is 0.364. The first kappa shape index (κ1) is 27.9. The highest BCUT2D eigenvalue weighted by atomic mass is 127. The summed E-state index contributed by atoms with van der Waals surface area (Å²) in [6.45, 7) is 3.50. The second kappa shape index (κ2) is 14.1. The Balaban J connectivity index is 0.00000512. The van der Waals surface area contributed by atoms with Crippen LogP contribution in [0.4, 0.5) is 0 Å². The molecule has 0 aliphatic carbocycles. The fourth-order valence-electron chi connectivity index (χ4n) is 2.69. The van der Waals surface area contributed by atoms with Gasteiger partial charge in [0.25, 0.3) is 5.91 Å². The van der Waals surface area contributed by atoms with Crippen molar-refractivity contribution in [2.24, 2.45) is 4.99 Å². The van der Waals surface area contributed by atoms with Crippen LogP contribution in [0.2, 0.25) is 0 Å². The van der Waals surface area contributed by atoms with Gasteiger partial charge >= 0.3 is 0 Å². The van der Waals surface area contributed by atoms with E-state index in [1.54, 1.807) is 26.2 Å². The van der Waals surface area contributed by atoms with Crippen LogP contribution in [0, 0.1) is 0 Å². The standard InChI is InChI=1S/C22H31N5O3S.HI/c1-4-23-22(25-16-19-10-12-20(13-11-19)21(28)27(2)3)24-14-15-31(29,30)26-17-18-8-6-5-7-9-18;/h5-13,26H,4,14-17H2,1-3H3,(H2,23,24,25);1H. The van der Waals surface area contributed by atoms with Crippen molar-refractivity contribution < 1.29 is 13.2 Å². The number of carbonyl (C=O) groups excluding carboxylic acids is 1. The number of carbonyl (C=O) groups is 1. The topological polar surface area (TPSA) is 103 Å². The number of halogens is 1. The van der Waals surface area contributed by atoms with Crippen molar-refractivity contribution in [2.75, 3.05) is 32.9 Å². The zero-order valence-corrected chi connectivity index (χ0v) is 21.8. The van der Waals surface area contributed by atoms with Crippen molar-refractivity contribution in [1.82, 2.24) is 20.3 Å². The Labute approximate surface area is 208 Å². The number of rotatable bonds is 10. The number of sulfonamides is 1. The summed E-state index contributed by atoms with van der Waals surface area (Å²) in [5.41, 5.74) is 2.48. The number of hydrogen-bond acceptors (Lipinski definition) is 4. The molecule has 0 unspecified atom stereocenters. The van der Waals surface area contributed by atoms with Gasteiger partial charge in [-0.05, 0) is 30.2 Å². The summed E-state index contributed by atoms with van der Waals surface area (Å²) in [4.78, 5) is 18.0. The molecule has 0 saturated carbocycles. The predicted octanol–water partition coefficient (Wildman–Crippen LogP) is 2.18. The number of guanidine groups is 1. The van der Waals surface area contributed by atoms with Crippen LogP contribution in [-0.2, 0) is 23.1 Å². The van der Waals surface area contributed by atoms with E-state index in [-0.39, 0.29) is 48.7 Å². The van der Waals surface area contributed by atoms with Gasteiger partial charge in [-0.15, -0.1) is 24.0 Å². The number of hydrogen-bond donors (Lipinski definition) is 3. The highest BCUT2D eigenvalue weighted by molar-refractivity contribution is 14.0. The molecule has 0 saturated heterocycles. The molecule has 10 heteroatoms. The minimum atomic E-state index is -3.41. The van der Waals surface area contributed by atoms with Crippen molar-refractivity contribution in [3.8, 4) is 0 Å². The molecule has 0 aromatic heterocycles. The molecule has 2 aromatic rings. The molecule has 32 heavy (non-hydrogen) atoms. The molecule has 0 radical (unpaired) electrons.